The maximum Gasteiger partial charge on any atom is 0.295 e. The third kappa shape index (κ3) is 4.08. The van der Waals surface area contributed by atoms with Crippen molar-refractivity contribution in [3.63, 3.8) is 0 Å². The Morgan fingerprint density at radius 2 is 1.89 bits per heavy atom. The molecular formula is C21H23ClN3O3+. The molecule has 1 aromatic heterocycles. The second-order valence-electron chi connectivity index (χ2n) is 7.06. The Hall–Kier alpha value is -2.70. The van der Waals surface area contributed by atoms with E-state index in [-0.39, 0.29) is 11.3 Å². The van der Waals surface area contributed by atoms with E-state index in [1.54, 1.807) is 48.7 Å². The number of aliphatic hydroxyl groups excluding tert-OH is 1. The van der Waals surface area contributed by atoms with E-state index in [1.165, 1.54) is 9.80 Å². The molecule has 0 unspecified atom stereocenters. The summed E-state index contributed by atoms with van der Waals surface area (Å²) in [5, 5.41) is 11.4. The highest BCUT2D eigenvalue weighted by atomic mass is 35.5. The van der Waals surface area contributed by atoms with Crippen molar-refractivity contribution in [2.24, 2.45) is 0 Å². The van der Waals surface area contributed by atoms with E-state index < -0.39 is 17.7 Å². The van der Waals surface area contributed by atoms with Crippen molar-refractivity contribution in [3.8, 4) is 0 Å². The molecule has 1 atom stereocenters. The molecule has 2 N–H and O–H groups in total. The van der Waals surface area contributed by atoms with Crippen molar-refractivity contribution in [2.45, 2.75) is 12.5 Å². The van der Waals surface area contributed by atoms with Crippen LogP contribution in [0.1, 0.15) is 23.7 Å². The Morgan fingerprint density at radius 1 is 1.18 bits per heavy atom. The van der Waals surface area contributed by atoms with Gasteiger partial charge in [0.05, 0.1) is 31.9 Å². The summed E-state index contributed by atoms with van der Waals surface area (Å²) in [5.41, 5.74) is 1.04. The predicted molar refractivity (Wildman–Crippen MR) is 107 cm³/mol. The number of hydrogen-bond donors (Lipinski definition) is 2. The van der Waals surface area contributed by atoms with Crippen LogP contribution in [0, 0.1) is 0 Å². The van der Waals surface area contributed by atoms with Gasteiger partial charge in [-0.3, -0.25) is 14.6 Å². The number of Topliss-reactive ketones (excluding diaryl/α,β-unsaturated/α-hetero) is 1. The fourth-order valence-corrected chi connectivity index (χ4v) is 3.45. The average Bonchev–Trinajstić information content (AvgIpc) is 2.93. The Labute approximate surface area is 169 Å². The van der Waals surface area contributed by atoms with Gasteiger partial charge in [-0.1, -0.05) is 17.7 Å². The molecule has 28 heavy (non-hydrogen) atoms. The van der Waals surface area contributed by atoms with Crippen LogP contribution < -0.4 is 4.90 Å². The number of carbonyl (C=O) groups is 2. The van der Waals surface area contributed by atoms with Gasteiger partial charge in [0, 0.05) is 29.7 Å². The molecule has 1 amide bonds. The number of nitrogens with one attached hydrogen (secondary N) is 1. The van der Waals surface area contributed by atoms with Gasteiger partial charge in [0.1, 0.15) is 11.8 Å². The summed E-state index contributed by atoms with van der Waals surface area (Å²) in [5.74, 6) is -1.52. The molecule has 0 bridgehead atoms. The van der Waals surface area contributed by atoms with Gasteiger partial charge in [-0.15, -0.1) is 0 Å². The molecular weight excluding hydrogens is 378 g/mol. The average molecular weight is 401 g/mol. The number of benzene rings is 1. The predicted octanol–water partition coefficient (Wildman–Crippen LogP) is 1.69. The van der Waals surface area contributed by atoms with Crippen LogP contribution in [0.3, 0.4) is 0 Å². The highest BCUT2D eigenvalue weighted by Gasteiger charge is 2.46. The first kappa shape index (κ1) is 20.0. The lowest BCUT2D eigenvalue weighted by Gasteiger charge is -2.24. The number of aliphatic hydroxyl groups is 1. The maximum absolute atomic E-state index is 12.8. The number of amides is 1. The molecule has 6 nitrogen and oxygen atoms in total. The molecule has 1 saturated heterocycles. The second-order valence-corrected chi connectivity index (χ2v) is 7.50. The molecule has 1 aliphatic rings. The number of halogens is 1. The number of carbonyl (C=O) groups excluding carboxylic acids is 2. The van der Waals surface area contributed by atoms with Gasteiger partial charge >= 0.3 is 0 Å². The zero-order valence-electron chi connectivity index (χ0n) is 15.9. The molecule has 2 heterocycles. The molecule has 7 heteroatoms. The minimum atomic E-state index is -0.714. The monoisotopic (exact) mass is 400 g/mol. The van der Waals surface area contributed by atoms with E-state index in [0.29, 0.717) is 22.8 Å². The quantitative estimate of drug-likeness (QED) is 0.439. The number of ketones is 1. The Bertz CT molecular complexity index is 895. The first-order chi connectivity index (χ1) is 13.4. The molecule has 146 valence electrons. The summed E-state index contributed by atoms with van der Waals surface area (Å²) in [6.07, 6.45) is 2.35. The van der Waals surface area contributed by atoms with Crippen molar-refractivity contribution in [1.82, 2.24) is 9.88 Å². The van der Waals surface area contributed by atoms with E-state index in [1.807, 2.05) is 14.1 Å². The van der Waals surface area contributed by atoms with Crippen LogP contribution >= 0.6 is 11.6 Å². The lowest BCUT2D eigenvalue weighted by molar-refractivity contribution is -0.858. The van der Waals surface area contributed by atoms with E-state index in [9.17, 15) is 14.7 Å². The standard InChI is InChI=1S/C21H22ClN3O3/c1-24(2)12-5-13-25-18(16-6-3-4-11-23-16)17(20(27)21(25)28)19(26)14-7-9-15(22)10-8-14/h3-4,6-11,18,26H,5,12-13H2,1-2H3/p+1/t18-/m0/s1. The molecule has 0 saturated carbocycles. The summed E-state index contributed by atoms with van der Waals surface area (Å²) in [4.78, 5) is 32.7. The van der Waals surface area contributed by atoms with E-state index in [0.717, 1.165) is 13.0 Å². The Kier molecular flexibility index (Phi) is 6.11. The molecule has 0 radical (unpaired) electrons. The van der Waals surface area contributed by atoms with E-state index >= 15 is 0 Å². The van der Waals surface area contributed by atoms with Crippen LogP contribution in [0.15, 0.2) is 54.2 Å². The summed E-state index contributed by atoms with van der Waals surface area (Å²) >= 11 is 5.92. The number of quaternary nitrogens is 1. The highest BCUT2D eigenvalue weighted by Crippen LogP contribution is 2.38. The summed E-state index contributed by atoms with van der Waals surface area (Å²) in [7, 11) is 4.07. The second kappa shape index (κ2) is 8.54. The van der Waals surface area contributed by atoms with Crippen molar-refractivity contribution < 1.29 is 19.6 Å². The molecule has 3 rings (SSSR count). The summed E-state index contributed by atoms with van der Waals surface area (Å²) in [6.45, 7) is 1.27. The number of likely N-dealkylation sites (tertiary alicyclic amines) is 1. The third-order valence-electron chi connectivity index (χ3n) is 4.70. The van der Waals surface area contributed by atoms with Crippen molar-refractivity contribution >= 4 is 29.1 Å². The normalized spacial score (nSPS) is 18.9. The summed E-state index contributed by atoms with van der Waals surface area (Å²) < 4.78 is 0. The number of rotatable bonds is 6. The molecule has 1 aliphatic heterocycles. The SMILES string of the molecule is C[NH+](C)CCCN1C(=O)C(=O)C(=C(O)c2ccc(Cl)cc2)[C@@H]1c1ccccn1. The number of aromatic nitrogens is 1. The molecule has 2 aromatic rings. The van der Waals surface area contributed by atoms with Gasteiger partial charge in [0.15, 0.2) is 0 Å². The van der Waals surface area contributed by atoms with E-state index in [4.69, 9.17) is 11.6 Å². The molecule has 1 fully saturated rings. The minimum absolute atomic E-state index is 0.0585. The van der Waals surface area contributed by atoms with Crippen LogP contribution in [0.2, 0.25) is 5.02 Å². The highest BCUT2D eigenvalue weighted by molar-refractivity contribution is 6.46. The zero-order valence-corrected chi connectivity index (χ0v) is 16.6. The fraction of sp³-hybridized carbons (Fsp3) is 0.286. The van der Waals surface area contributed by atoms with Gasteiger partial charge in [0.2, 0.25) is 0 Å². The zero-order chi connectivity index (χ0) is 20.3. The minimum Gasteiger partial charge on any atom is -0.507 e. The van der Waals surface area contributed by atoms with Crippen molar-refractivity contribution in [2.75, 3.05) is 27.2 Å². The van der Waals surface area contributed by atoms with Gasteiger partial charge in [-0.05, 0) is 36.4 Å². The smallest absolute Gasteiger partial charge is 0.295 e. The first-order valence-corrected chi connectivity index (χ1v) is 9.52. The molecule has 0 spiro atoms. The number of hydrogen-bond acceptors (Lipinski definition) is 4. The van der Waals surface area contributed by atoms with Gasteiger partial charge in [-0.2, -0.15) is 0 Å². The number of nitrogens with zero attached hydrogens (tertiary/aromatic N) is 2. The lowest BCUT2D eigenvalue weighted by Crippen LogP contribution is -3.05. The largest absolute Gasteiger partial charge is 0.507 e. The Balaban J connectivity index is 2.06. The van der Waals surface area contributed by atoms with Crippen LogP contribution in [0.25, 0.3) is 5.76 Å². The van der Waals surface area contributed by atoms with Crippen molar-refractivity contribution in [1.29, 1.82) is 0 Å². The van der Waals surface area contributed by atoms with Crippen molar-refractivity contribution in [3.05, 3.63) is 70.5 Å². The third-order valence-corrected chi connectivity index (χ3v) is 4.95. The van der Waals surface area contributed by atoms with Crippen LogP contribution in [-0.4, -0.2) is 53.9 Å². The Morgan fingerprint density at radius 3 is 2.50 bits per heavy atom. The molecule has 1 aromatic carbocycles. The van der Waals surface area contributed by atoms with Crippen LogP contribution in [0.4, 0.5) is 0 Å². The topological polar surface area (TPSA) is 74.9 Å². The number of pyridine rings is 1. The van der Waals surface area contributed by atoms with Crippen LogP contribution in [0.5, 0.6) is 0 Å². The first-order valence-electron chi connectivity index (χ1n) is 9.14. The summed E-state index contributed by atoms with van der Waals surface area (Å²) in [6, 6.07) is 11.1. The van der Waals surface area contributed by atoms with Gasteiger partial charge in [0.25, 0.3) is 11.7 Å². The molecule has 0 aliphatic carbocycles. The van der Waals surface area contributed by atoms with E-state index in [2.05, 4.69) is 4.98 Å². The van der Waals surface area contributed by atoms with Crippen LogP contribution in [-0.2, 0) is 9.59 Å². The maximum atomic E-state index is 12.8. The van der Waals surface area contributed by atoms with Gasteiger partial charge in [-0.25, -0.2) is 0 Å². The fourth-order valence-electron chi connectivity index (χ4n) is 3.32. The lowest BCUT2D eigenvalue weighted by atomic mass is 9.98. The van der Waals surface area contributed by atoms with Gasteiger partial charge < -0.3 is 14.9 Å².